The molecule has 0 bridgehead atoms. The fourth-order valence-corrected chi connectivity index (χ4v) is 3.55. The molecule has 0 radical (unpaired) electrons. The number of hydrogen-bond acceptors (Lipinski definition) is 2. The summed E-state index contributed by atoms with van der Waals surface area (Å²) in [5.41, 5.74) is 1.16. The van der Waals surface area contributed by atoms with Gasteiger partial charge in [0, 0.05) is 4.47 Å². The Morgan fingerprint density at radius 2 is 1.50 bits per heavy atom. The Morgan fingerprint density at radius 1 is 0.893 bits per heavy atom. The molecule has 0 spiro atoms. The number of halogens is 8. The highest BCUT2D eigenvalue weighted by atomic mass is 79.9. The molecule has 0 aliphatic carbocycles. The first-order valence-electron chi connectivity index (χ1n) is 7.63. The van der Waals surface area contributed by atoms with Gasteiger partial charge < -0.3 is 4.57 Å². The van der Waals surface area contributed by atoms with Crippen LogP contribution in [0.4, 0.5) is 30.7 Å². The number of benzene rings is 2. The van der Waals surface area contributed by atoms with Gasteiger partial charge in [0.2, 0.25) is 0 Å². The van der Waals surface area contributed by atoms with Gasteiger partial charge in [-0.15, -0.1) is 0 Å². The molecule has 28 heavy (non-hydrogen) atoms. The van der Waals surface area contributed by atoms with E-state index in [0.29, 0.717) is 11.1 Å². The molecule has 0 N–H and O–H groups in total. The molecule has 3 rings (SSSR count). The van der Waals surface area contributed by atoms with Gasteiger partial charge in [-0.1, -0.05) is 40.2 Å². The zero-order valence-corrected chi connectivity index (χ0v) is 16.1. The van der Waals surface area contributed by atoms with Crippen LogP contribution in [-0.4, -0.2) is 26.9 Å². The molecule has 0 aliphatic rings. The second kappa shape index (κ2) is 7.25. The third-order valence-electron chi connectivity index (χ3n) is 3.81. The lowest BCUT2D eigenvalue weighted by Gasteiger charge is -2.27. The first-order chi connectivity index (χ1) is 12.9. The van der Waals surface area contributed by atoms with Crippen molar-refractivity contribution in [2.24, 2.45) is 0 Å². The number of thioether (sulfide) groups is 1. The van der Waals surface area contributed by atoms with Crippen LogP contribution in [0.1, 0.15) is 5.56 Å². The van der Waals surface area contributed by atoms with Crippen molar-refractivity contribution in [1.82, 2.24) is 9.55 Å². The second-order valence-electron chi connectivity index (χ2n) is 5.79. The summed E-state index contributed by atoms with van der Waals surface area (Å²) in [4.78, 5) is 3.84. The van der Waals surface area contributed by atoms with Gasteiger partial charge in [-0.25, -0.2) is 4.98 Å². The number of imidazole rings is 1. The smallest absolute Gasteiger partial charge is 0.314 e. The minimum atomic E-state index is -6.40. The summed E-state index contributed by atoms with van der Waals surface area (Å²) >= 11 is 2.34. The molecule has 3 aromatic rings. The molecule has 0 unspecified atom stereocenters. The fraction of sp³-hybridized carbons (Fsp3) is 0.235. The minimum absolute atomic E-state index is 0.0379. The van der Waals surface area contributed by atoms with Crippen molar-refractivity contribution in [1.29, 1.82) is 0 Å². The molecule has 0 aliphatic heterocycles. The van der Waals surface area contributed by atoms with Gasteiger partial charge in [-0.2, -0.15) is 30.7 Å². The molecule has 150 valence electrons. The van der Waals surface area contributed by atoms with Gasteiger partial charge in [0.25, 0.3) is 0 Å². The highest BCUT2D eigenvalue weighted by Gasteiger charge is 2.74. The van der Waals surface area contributed by atoms with Gasteiger partial charge in [0.05, 0.1) is 17.6 Å². The Labute approximate surface area is 166 Å². The third-order valence-corrected chi connectivity index (χ3v) is 5.35. The molecule has 2 nitrogen and oxygen atoms in total. The second-order valence-corrected chi connectivity index (χ2v) is 7.78. The van der Waals surface area contributed by atoms with Crippen molar-refractivity contribution < 1.29 is 30.7 Å². The first-order valence-corrected chi connectivity index (χ1v) is 9.24. The lowest BCUT2D eigenvalue weighted by atomic mass is 10.2. The molecule has 0 amide bonds. The number of aromatic nitrogens is 2. The van der Waals surface area contributed by atoms with E-state index < -0.39 is 34.3 Å². The molecule has 1 heterocycles. The predicted molar refractivity (Wildman–Crippen MR) is 94.8 cm³/mol. The Hall–Kier alpha value is -1.75. The number of hydrogen-bond donors (Lipinski definition) is 0. The van der Waals surface area contributed by atoms with E-state index in [-0.39, 0.29) is 12.1 Å². The Balaban J connectivity index is 2.04. The number of para-hydroxylation sites is 2. The number of rotatable bonds is 5. The summed E-state index contributed by atoms with van der Waals surface area (Å²) in [6, 6.07) is 12.8. The molecule has 0 saturated carbocycles. The highest BCUT2D eigenvalue weighted by molar-refractivity contribution is 9.10. The summed E-state index contributed by atoms with van der Waals surface area (Å²) in [6.07, 6.45) is -6.40. The van der Waals surface area contributed by atoms with E-state index in [4.69, 9.17) is 0 Å². The maximum atomic E-state index is 13.9. The maximum absolute atomic E-state index is 13.9. The van der Waals surface area contributed by atoms with Crippen molar-refractivity contribution in [3.63, 3.8) is 0 Å². The third kappa shape index (κ3) is 3.86. The van der Waals surface area contributed by atoms with E-state index in [1.54, 1.807) is 36.4 Å². The lowest BCUT2D eigenvalue weighted by molar-refractivity contribution is -0.330. The van der Waals surface area contributed by atoms with Gasteiger partial charge in [-0.3, -0.25) is 0 Å². The van der Waals surface area contributed by atoms with Crippen molar-refractivity contribution in [3.05, 3.63) is 58.6 Å². The maximum Gasteiger partial charge on any atom is 0.460 e. The van der Waals surface area contributed by atoms with E-state index in [0.717, 1.165) is 4.47 Å². The Morgan fingerprint density at radius 3 is 2.11 bits per heavy atom. The van der Waals surface area contributed by atoms with Crippen LogP contribution in [0.3, 0.4) is 0 Å². The number of alkyl halides is 7. The van der Waals surface area contributed by atoms with Crippen LogP contribution in [-0.2, 0) is 6.54 Å². The average Bonchev–Trinajstić information content (AvgIpc) is 2.92. The largest absolute Gasteiger partial charge is 0.460 e. The van der Waals surface area contributed by atoms with Crippen molar-refractivity contribution in [2.45, 2.75) is 29.1 Å². The number of nitrogens with zero attached hydrogens (tertiary/aromatic N) is 2. The summed E-state index contributed by atoms with van der Waals surface area (Å²) in [5, 5.41) is -6.08. The molecule has 0 atom stereocenters. The number of fused-ring (bicyclic) bond motifs is 1. The summed E-state index contributed by atoms with van der Waals surface area (Å²) in [7, 11) is 0. The highest BCUT2D eigenvalue weighted by Crippen LogP contribution is 2.53. The predicted octanol–water partition coefficient (Wildman–Crippen LogP) is 6.73. The van der Waals surface area contributed by atoms with Crippen LogP contribution in [0.15, 0.2) is 58.2 Å². The fourth-order valence-electron chi connectivity index (χ4n) is 2.40. The molecule has 11 heteroatoms. The summed E-state index contributed by atoms with van der Waals surface area (Å²) in [6.45, 7) is -0.0379. The van der Waals surface area contributed by atoms with E-state index >= 15 is 0 Å². The van der Waals surface area contributed by atoms with Gasteiger partial charge in [-0.05, 0) is 41.6 Å². The van der Waals surface area contributed by atoms with E-state index in [1.807, 2.05) is 0 Å². The van der Waals surface area contributed by atoms with E-state index in [1.165, 1.54) is 16.7 Å². The van der Waals surface area contributed by atoms with Crippen LogP contribution >= 0.6 is 27.7 Å². The van der Waals surface area contributed by atoms with E-state index in [9.17, 15) is 30.7 Å². The topological polar surface area (TPSA) is 17.8 Å². The van der Waals surface area contributed by atoms with Gasteiger partial charge in [0.1, 0.15) is 0 Å². The standard InChI is InChI=1S/C17H10BrF7N2S/c18-11-7-5-10(6-8-11)9-27-13-4-2-1-3-12(13)26-14(27)28-17(24,25)15(19,20)16(21,22)23/h1-8H,9H2. The average molecular weight is 487 g/mol. The van der Waals surface area contributed by atoms with Crippen molar-refractivity contribution >= 4 is 38.7 Å². The monoisotopic (exact) mass is 486 g/mol. The van der Waals surface area contributed by atoms with Crippen molar-refractivity contribution in [3.8, 4) is 0 Å². The minimum Gasteiger partial charge on any atom is -0.314 e. The Kier molecular flexibility index (Phi) is 5.43. The summed E-state index contributed by atoms with van der Waals surface area (Å²) in [5.74, 6) is -6.22. The SMILES string of the molecule is FC(F)(F)C(F)(F)C(F)(F)Sc1nc2ccccc2n1Cc1ccc(Br)cc1. The van der Waals surface area contributed by atoms with Crippen LogP contribution in [0.2, 0.25) is 0 Å². The van der Waals surface area contributed by atoms with Crippen LogP contribution in [0, 0.1) is 0 Å². The van der Waals surface area contributed by atoms with Crippen LogP contribution in [0.5, 0.6) is 0 Å². The molecular formula is C17H10BrF7N2S. The van der Waals surface area contributed by atoms with Crippen LogP contribution in [0.25, 0.3) is 11.0 Å². The molecular weight excluding hydrogens is 477 g/mol. The summed E-state index contributed by atoms with van der Waals surface area (Å²) < 4.78 is 93.7. The van der Waals surface area contributed by atoms with E-state index in [2.05, 4.69) is 20.9 Å². The molecule has 2 aromatic carbocycles. The van der Waals surface area contributed by atoms with Gasteiger partial charge >= 0.3 is 17.4 Å². The van der Waals surface area contributed by atoms with Crippen LogP contribution < -0.4 is 0 Å². The molecule has 0 fully saturated rings. The van der Waals surface area contributed by atoms with Crippen molar-refractivity contribution in [2.75, 3.05) is 0 Å². The first kappa shape index (κ1) is 21.0. The molecule has 0 saturated heterocycles. The normalized spacial score (nSPS) is 13.3. The lowest BCUT2D eigenvalue weighted by Crippen LogP contribution is -2.50. The zero-order chi connectivity index (χ0) is 20.7. The molecule has 1 aromatic heterocycles. The zero-order valence-electron chi connectivity index (χ0n) is 13.7. The Bertz CT molecular complexity index is 983. The van der Waals surface area contributed by atoms with Gasteiger partial charge in [0.15, 0.2) is 5.16 Å². The quantitative estimate of drug-likeness (QED) is 0.294.